The minimum Gasteiger partial charge on any atom is -0.307 e. The van der Waals surface area contributed by atoms with Crippen LogP contribution in [0.3, 0.4) is 0 Å². The number of carbonyl (C=O) groups is 1. The van der Waals surface area contributed by atoms with Crippen LogP contribution < -0.4 is 5.32 Å². The first-order chi connectivity index (χ1) is 13.7. The van der Waals surface area contributed by atoms with Gasteiger partial charge in [-0.05, 0) is 42.0 Å². The van der Waals surface area contributed by atoms with Gasteiger partial charge in [0, 0.05) is 35.8 Å². The molecular weight excluding hydrogens is 435 g/mol. The van der Waals surface area contributed by atoms with Gasteiger partial charge in [-0.25, -0.2) is 17.4 Å². The van der Waals surface area contributed by atoms with Gasteiger partial charge in [0.1, 0.15) is 5.82 Å². The molecule has 0 unspecified atom stereocenters. The first-order valence-corrected chi connectivity index (χ1v) is 10.7. The number of sulfonamides is 1. The molecule has 152 valence electrons. The molecule has 0 aliphatic heterocycles. The van der Waals surface area contributed by atoms with E-state index in [0.717, 1.165) is 9.87 Å². The molecule has 1 aromatic heterocycles. The third kappa shape index (κ3) is 4.79. The summed E-state index contributed by atoms with van der Waals surface area (Å²) in [4.78, 5) is 12.7. The molecule has 29 heavy (non-hydrogen) atoms. The summed E-state index contributed by atoms with van der Waals surface area (Å²) < 4.78 is 27.0. The summed E-state index contributed by atoms with van der Waals surface area (Å²) in [5.74, 6) is 0.0914. The summed E-state index contributed by atoms with van der Waals surface area (Å²) in [5.41, 5.74) is 1.12. The minimum absolute atomic E-state index is 0.112. The highest BCUT2D eigenvalue weighted by Gasteiger charge is 2.18. The van der Waals surface area contributed by atoms with Crippen molar-refractivity contribution in [3.8, 4) is 0 Å². The fourth-order valence-electron chi connectivity index (χ4n) is 2.55. The van der Waals surface area contributed by atoms with Gasteiger partial charge in [-0.3, -0.25) is 4.79 Å². The fraction of sp³-hybridized carbons (Fsp3) is 0.158. The summed E-state index contributed by atoms with van der Waals surface area (Å²) >= 11 is 12.1. The summed E-state index contributed by atoms with van der Waals surface area (Å²) in [5, 5.41) is 8.02. The number of benzene rings is 2. The Kier molecular flexibility index (Phi) is 6.28. The molecule has 0 fully saturated rings. The Balaban J connectivity index is 1.76. The number of nitrogens with one attached hydrogen (secondary N) is 1. The second-order valence-corrected chi connectivity index (χ2v) is 9.37. The van der Waals surface area contributed by atoms with Crippen molar-refractivity contribution in [3.05, 3.63) is 75.9 Å². The van der Waals surface area contributed by atoms with E-state index >= 15 is 0 Å². The molecule has 7 nitrogen and oxygen atoms in total. The van der Waals surface area contributed by atoms with Gasteiger partial charge in [0.25, 0.3) is 5.91 Å². The number of aromatic nitrogens is 2. The van der Waals surface area contributed by atoms with Crippen LogP contribution in [0.25, 0.3) is 0 Å². The second kappa shape index (κ2) is 8.54. The van der Waals surface area contributed by atoms with E-state index < -0.39 is 10.0 Å². The van der Waals surface area contributed by atoms with Crippen LogP contribution in [0.4, 0.5) is 5.82 Å². The average molecular weight is 453 g/mol. The number of amides is 1. The number of halogens is 2. The van der Waals surface area contributed by atoms with Crippen molar-refractivity contribution in [3.63, 3.8) is 0 Å². The highest BCUT2D eigenvalue weighted by Crippen LogP contribution is 2.23. The molecule has 1 amide bonds. The Morgan fingerprint density at radius 2 is 1.79 bits per heavy atom. The van der Waals surface area contributed by atoms with E-state index in [-0.39, 0.29) is 10.8 Å². The molecule has 0 saturated heterocycles. The number of nitrogens with zero attached hydrogens (tertiary/aromatic N) is 3. The molecular formula is C19H18Cl2N4O3S. The molecule has 10 heteroatoms. The lowest BCUT2D eigenvalue weighted by Gasteiger charge is -2.12. The maximum Gasteiger partial charge on any atom is 0.256 e. The Morgan fingerprint density at radius 1 is 1.10 bits per heavy atom. The molecule has 0 saturated carbocycles. The lowest BCUT2D eigenvalue weighted by molar-refractivity contribution is 0.102. The Labute approximate surface area is 178 Å². The second-order valence-electron chi connectivity index (χ2n) is 6.38. The van der Waals surface area contributed by atoms with Gasteiger partial charge in [0.2, 0.25) is 10.0 Å². The average Bonchev–Trinajstić information content (AvgIpc) is 3.10. The van der Waals surface area contributed by atoms with Crippen molar-refractivity contribution in [1.82, 2.24) is 14.1 Å². The largest absolute Gasteiger partial charge is 0.307 e. The van der Waals surface area contributed by atoms with Gasteiger partial charge in [-0.2, -0.15) is 5.10 Å². The molecule has 0 radical (unpaired) electrons. The Morgan fingerprint density at radius 3 is 2.41 bits per heavy atom. The van der Waals surface area contributed by atoms with E-state index in [1.807, 2.05) is 0 Å². The molecule has 0 aliphatic rings. The predicted octanol–water partition coefficient (Wildman–Crippen LogP) is 3.74. The number of carbonyl (C=O) groups excluding carboxylic acids is 1. The summed E-state index contributed by atoms with van der Waals surface area (Å²) in [6.07, 6.45) is 1.56. The van der Waals surface area contributed by atoms with Gasteiger partial charge in [0.05, 0.1) is 17.6 Å². The standard InChI is InChI=1S/C19H18Cl2N4O3S/c1-24(2)29(27,28)16-7-4-13(5-8-16)19(26)23-18-9-10-22-25(18)12-14-3-6-15(20)11-17(14)21/h3-11H,12H2,1-2H3,(H,23,26). The smallest absolute Gasteiger partial charge is 0.256 e. The van der Waals surface area contributed by atoms with Gasteiger partial charge in [-0.1, -0.05) is 29.3 Å². The van der Waals surface area contributed by atoms with E-state index in [0.29, 0.717) is 28.0 Å². The molecule has 0 bridgehead atoms. The lowest BCUT2D eigenvalue weighted by atomic mass is 10.2. The molecule has 0 aliphatic carbocycles. The first-order valence-electron chi connectivity index (χ1n) is 8.48. The van der Waals surface area contributed by atoms with E-state index in [9.17, 15) is 13.2 Å². The number of rotatable bonds is 6. The van der Waals surface area contributed by atoms with E-state index in [4.69, 9.17) is 23.2 Å². The van der Waals surface area contributed by atoms with Gasteiger partial charge < -0.3 is 5.32 Å². The SMILES string of the molecule is CN(C)S(=O)(=O)c1ccc(C(=O)Nc2ccnn2Cc2ccc(Cl)cc2Cl)cc1. The third-order valence-electron chi connectivity index (χ3n) is 4.19. The normalized spacial score (nSPS) is 11.6. The zero-order valence-electron chi connectivity index (χ0n) is 15.6. The molecule has 0 atom stereocenters. The predicted molar refractivity (Wildman–Crippen MR) is 113 cm³/mol. The molecule has 2 aromatic carbocycles. The van der Waals surface area contributed by atoms with E-state index in [2.05, 4.69) is 10.4 Å². The van der Waals surface area contributed by atoms with Crippen molar-refractivity contribution in [2.45, 2.75) is 11.4 Å². The molecule has 0 spiro atoms. The Hall–Kier alpha value is -2.39. The lowest BCUT2D eigenvalue weighted by Crippen LogP contribution is -2.22. The quantitative estimate of drug-likeness (QED) is 0.617. The highest BCUT2D eigenvalue weighted by atomic mass is 35.5. The van der Waals surface area contributed by atoms with Crippen LogP contribution in [0, 0.1) is 0 Å². The minimum atomic E-state index is -3.55. The van der Waals surface area contributed by atoms with Crippen molar-refractivity contribution < 1.29 is 13.2 Å². The third-order valence-corrected chi connectivity index (χ3v) is 6.60. The molecule has 1 heterocycles. The molecule has 3 rings (SSSR count). The Bertz CT molecular complexity index is 1140. The van der Waals surface area contributed by atoms with Crippen LogP contribution in [-0.4, -0.2) is 42.5 Å². The topological polar surface area (TPSA) is 84.3 Å². The first kappa shape index (κ1) is 21.3. The van der Waals surface area contributed by atoms with Crippen LogP contribution in [0.1, 0.15) is 15.9 Å². The van der Waals surface area contributed by atoms with Crippen LogP contribution in [0.15, 0.2) is 59.6 Å². The fourth-order valence-corrected chi connectivity index (χ4v) is 3.92. The summed E-state index contributed by atoms with van der Waals surface area (Å²) in [7, 11) is -0.655. The summed E-state index contributed by atoms with van der Waals surface area (Å²) in [6.45, 7) is 0.346. The maximum atomic E-state index is 12.6. The van der Waals surface area contributed by atoms with Crippen LogP contribution in [-0.2, 0) is 16.6 Å². The van der Waals surface area contributed by atoms with E-state index in [1.165, 1.54) is 38.4 Å². The number of hydrogen-bond donors (Lipinski definition) is 1. The number of hydrogen-bond acceptors (Lipinski definition) is 4. The number of anilines is 1. The van der Waals surface area contributed by atoms with Crippen molar-refractivity contribution in [1.29, 1.82) is 0 Å². The van der Waals surface area contributed by atoms with Gasteiger partial charge >= 0.3 is 0 Å². The van der Waals surface area contributed by atoms with Crippen molar-refractivity contribution in [2.24, 2.45) is 0 Å². The van der Waals surface area contributed by atoms with Crippen molar-refractivity contribution in [2.75, 3.05) is 19.4 Å². The van der Waals surface area contributed by atoms with Crippen molar-refractivity contribution >= 4 is 45.0 Å². The maximum absolute atomic E-state index is 12.6. The monoisotopic (exact) mass is 452 g/mol. The van der Waals surface area contributed by atoms with Crippen LogP contribution >= 0.6 is 23.2 Å². The molecule has 3 aromatic rings. The molecule has 1 N–H and O–H groups in total. The highest BCUT2D eigenvalue weighted by molar-refractivity contribution is 7.89. The summed E-state index contributed by atoms with van der Waals surface area (Å²) in [6, 6.07) is 12.5. The van der Waals surface area contributed by atoms with E-state index in [1.54, 1.807) is 35.1 Å². The van der Waals surface area contributed by atoms with Gasteiger partial charge in [-0.15, -0.1) is 0 Å². The van der Waals surface area contributed by atoms with Gasteiger partial charge in [0.15, 0.2) is 0 Å². The van der Waals surface area contributed by atoms with Crippen LogP contribution in [0.5, 0.6) is 0 Å². The zero-order valence-corrected chi connectivity index (χ0v) is 18.0. The zero-order chi connectivity index (χ0) is 21.2. The van der Waals surface area contributed by atoms with Crippen LogP contribution in [0.2, 0.25) is 10.0 Å².